The highest BCUT2D eigenvalue weighted by Crippen LogP contribution is 2.28. The summed E-state index contributed by atoms with van der Waals surface area (Å²) in [5.41, 5.74) is 4.94. The van der Waals surface area contributed by atoms with E-state index in [-0.39, 0.29) is 5.56 Å². The van der Waals surface area contributed by atoms with E-state index in [9.17, 15) is 10.1 Å². The molecule has 3 heterocycles. The molecule has 0 atom stereocenters. The largest absolute Gasteiger partial charge is 0.282 e. The van der Waals surface area contributed by atoms with Gasteiger partial charge in [0.25, 0.3) is 5.56 Å². The number of aryl methyl sites for hydroxylation is 1. The average Bonchev–Trinajstić information content (AvgIpc) is 3.11. The van der Waals surface area contributed by atoms with Gasteiger partial charge < -0.3 is 0 Å². The van der Waals surface area contributed by atoms with Gasteiger partial charge in [-0.05, 0) is 30.7 Å². The third kappa shape index (κ3) is 2.52. The van der Waals surface area contributed by atoms with Crippen LogP contribution in [0.3, 0.4) is 0 Å². The zero-order chi connectivity index (χ0) is 20.0. The lowest BCUT2D eigenvalue weighted by atomic mass is 10.1. The van der Waals surface area contributed by atoms with Gasteiger partial charge in [-0.15, -0.1) is 0 Å². The van der Waals surface area contributed by atoms with Crippen LogP contribution in [0.25, 0.3) is 33.4 Å². The summed E-state index contributed by atoms with van der Waals surface area (Å²) >= 11 is 0. The van der Waals surface area contributed by atoms with Crippen LogP contribution in [0.15, 0.2) is 77.9 Å². The molecule has 0 bridgehead atoms. The first-order chi connectivity index (χ1) is 14.2. The van der Waals surface area contributed by atoms with Crippen molar-refractivity contribution >= 4 is 16.6 Å². The zero-order valence-electron chi connectivity index (χ0n) is 15.6. The van der Waals surface area contributed by atoms with Gasteiger partial charge in [0, 0.05) is 18.0 Å². The molecule has 0 aliphatic rings. The van der Waals surface area contributed by atoms with Crippen molar-refractivity contribution in [1.29, 1.82) is 5.26 Å². The lowest BCUT2D eigenvalue weighted by Gasteiger charge is -2.09. The van der Waals surface area contributed by atoms with Crippen LogP contribution in [0.5, 0.6) is 0 Å². The number of nitriles is 1. The second-order valence-corrected chi connectivity index (χ2v) is 6.74. The Kier molecular flexibility index (Phi) is 3.75. The molecule has 0 unspecified atom stereocenters. The molecule has 5 rings (SSSR count). The number of nitrogens with zero attached hydrogens (tertiary/aromatic N) is 5. The predicted molar refractivity (Wildman–Crippen MR) is 111 cm³/mol. The van der Waals surface area contributed by atoms with E-state index in [0.29, 0.717) is 27.8 Å². The highest BCUT2D eigenvalue weighted by atomic mass is 16.1. The number of benzene rings is 2. The minimum absolute atomic E-state index is 0.242. The fraction of sp³-hybridized carbons (Fsp3) is 0.0435. The van der Waals surface area contributed by atoms with Gasteiger partial charge in [0.1, 0.15) is 6.07 Å². The molecule has 0 saturated carbocycles. The third-order valence-electron chi connectivity index (χ3n) is 5.03. The molecule has 6 heteroatoms. The normalized spacial score (nSPS) is 11.0. The van der Waals surface area contributed by atoms with E-state index >= 15 is 0 Å². The molecular formula is C23H15N5O. The number of para-hydroxylation sites is 1. The van der Waals surface area contributed by atoms with Crippen LogP contribution in [-0.2, 0) is 0 Å². The highest BCUT2D eigenvalue weighted by Gasteiger charge is 2.17. The first-order valence-electron chi connectivity index (χ1n) is 9.13. The van der Waals surface area contributed by atoms with Gasteiger partial charge in [-0.3, -0.25) is 9.36 Å². The van der Waals surface area contributed by atoms with Gasteiger partial charge >= 0.3 is 0 Å². The molecule has 0 N–H and O–H groups in total. The molecule has 0 aliphatic heterocycles. The van der Waals surface area contributed by atoms with Crippen LogP contribution < -0.4 is 5.56 Å². The molecular weight excluding hydrogens is 362 g/mol. The molecule has 0 spiro atoms. The van der Waals surface area contributed by atoms with E-state index in [1.165, 1.54) is 4.57 Å². The Bertz CT molecular complexity index is 1490. The minimum Gasteiger partial charge on any atom is -0.282 e. The van der Waals surface area contributed by atoms with E-state index in [1.54, 1.807) is 41.2 Å². The standard InChI is InChI=1S/C23H15N5O/c1-15-21(16-7-3-2-4-8-16)22-25-14-18-20(28(22)26-15)11-12-27(23(18)29)19-10-6-5-9-17(19)13-24/h2-12,14H,1H3. The Morgan fingerprint density at radius 1 is 1.00 bits per heavy atom. The third-order valence-corrected chi connectivity index (χ3v) is 5.03. The molecule has 0 saturated heterocycles. The Labute approximate surface area is 165 Å². The molecule has 5 aromatic rings. The number of hydrogen-bond donors (Lipinski definition) is 0. The molecule has 6 nitrogen and oxygen atoms in total. The summed E-state index contributed by atoms with van der Waals surface area (Å²) in [7, 11) is 0. The maximum atomic E-state index is 13.2. The number of pyridine rings is 1. The van der Waals surface area contributed by atoms with E-state index in [0.717, 1.165) is 16.8 Å². The Morgan fingerprint density at radius 3 is 2.55 bits per heavy atom. The second-order valence-electron chi connectivity index (χ2n) is 6.74. The van der Waals surface area contributed by atoms with E-state index < -0.39 is 0 Å². The first kappa shape index (κ1) is 16.9. The topological polar surface area (TPSA) is 76.0 Å². The highest BCUT2D eigenvalue weighted by molar-refractivity contribution is 5.86. The van der Waals surface area contributed by atoms with Gasteiger partial charge in [-0.2, -0.15) is 10.4 Å². The predicted octanol–water partition coefficient (Wildman–Crippen LogP) is 3.88. The molecule has 29 heavy (non-hydrogen) atoms. The fourth-order valence-electron chi connectivity index (χ4n) is 3.69. The van der Waals surface area contributed by atoms with Crippen molar-refractivity contribution in [2.75, 3.05) is 0 Å². The van der Waals surface area contributed by atoms with Gasteiger partial charge in [-0.25, -0.2) is 9.50 Å². The van der Waals surface area contributed by atoms with Gasteiger partial charge in [0.15, 0.2) is 5.65 Å². The van der Waals surface area contributed by atoms with Crippen LogP contribution in [0.4, 0.5) is 0 Å². The van der Waals surface area contributed by atoms with Crippen molar-refractivity contribution in [2.24, 2.45) is 0 Å². The average molecular weight is 377 g/mol. The Hall–Kier alpha value is -4.24. The fourth-order valence-corrected chi connectivity index (χ4v) is 3.69. The molecule has 2 aromatic carbocycles. The van der Waals surface area contributed by atoms with Crippen molar-refractivity contribution in [3.05, 3.63) is 94.7 Å². The van der Waals surface area contributed by atoms with Crippen molar-refractivity contribution in [3.8, 4) is 22.9 Å². The molecule has 138 valence electrons. The van der Waals surface area contributed by atoms with Gasteiger partial charge in [-0.1, -0.05) is 42.5 Å². The maximum absolute atomic E-state index is 13.2. The minimum atomic E-state index is -0.242. The molecule has 0 fully saturated rings. The monoisotopic (exact) mass is 377 g/mol. The van der Waals surface area contributed by atoms with E-state index in [4.69, 9.17) is 0 Å². The summed E-state index contributed by atoms with van der Waals surface area (Å²) in [6, 6.07) is 21.0. The molecule has 0 radical (unpaired) electrons. The van der Waals surface area contributed by atoms with Gasteiger partial charge in [0.05, 0.1) is 27.8 Å². The number of fused-ring (bicyclic) bond motifs is 3. The van der Waals surface area contributed by atoms with Crippen molar-refractivity contribution in [3.63, 3.8) is 0 Å². The summed E-state index contributed by atoms with van der Waals surface area (Å²) in [4.78, 5) is 17.7. The second kappa shape index (κ2) is 6.43. The zero-order valence-corrected chi connectivity index (χ0v) is 15.6. The number of hydrogen-bond acceptors (Lipinski definition) is 4. The summed E-state index contributed by atoms with van der Waals surface area (Å²) in [6.07, 6.45) is 3.27. The van der Waals surface area contributed by atoms with Crippen LogP contribution in [0, 0.1) is 18.3 Å². The summed E-state index contributed by atoms with van der Waals surface area (Å²) in [5, 5.41) is 14.5. The SMILES string of the molecule is Cc1nn2c(ncc3c(=O)n(-c4ccccc4C#N)ccc32)c1-c1ccccc1. The lowest BCUT2D eigenvalue weighted by molar-refractivity contribution is 0.939. The van der Waals surface area contributed by atoms with E-state index in [1.807, 2.05) is 43.3 Å². The van der Waals surface area contributed by atoms with Crippen molar-refractivity contribution in [2.45, 2.75) is 6.92 Å². The molecule has 0 amide bonds. The first-order valence-corrected chi connectivity index (χ1v) is 9.13. The van der Waals surface area contributed by atoms with Crippen LogP contribution in [0.1, 0.15) is 11.3 Å². The van der Waals surface area contributed by atoms with Crippen molar-refractivity contribution < 1.29 is 0 Å². The van der Waals surface area contributed by atoms with E-state index in [2.05, 4.69) is 16.2 Å². The maximum Gasteiger partial charge on any atom is 0.266 e. The summed E-state index contributed by atoms with van der Waals surface area (Å²) in [6.45, 7) is 1.94. The van der Waals surface area contributed by atoms with Gasteiger partial charge in [0.2, 0.25) is 0 Å². The molecule has 3 aromatic heterocycles. The van der Waals surface area contributed by atoms with Crippen LogP contribution >= 0.6 is 0 Å². The quantitative estimate of drug-likeness (QED) is 0.468. The lowest BCUT2D eigenvalue weighted by Crippen LogP contribution is -2.19. The number of rotatable bonds is 2. The summed E-state index contributed by atoms with van der Waals surface area (Å²) < 4.78 is 3.19. The molecule has 0 aliphatic carbocycles. The number of aromatic nitrogens is 4. The summed E-state index contributed by atoms with van der Waals surface area (Å²) in [5.74, 6) is 0. The smallest absolute Gasteiger partial charge is 0.266 e. The van der Waals surface area contributed by atoms with Crippen LogP contribution in [-0.4, -0.2) is 19.2 Å². The Morgan fingerprint density at radius 2 is 1.76 bits per heavy atom. The Balaban J connectivity index is 1.80. The van der Waals surface area contributed by atoms with Crippen LogP contribution in [0.2, 0.25) is 0 Å². The van der Waals surface area contributed by atoms with Crippen molar-refractivity contribution in [1.82, 2.24) is 19.2 Å².